The van der Waals surface area contributed by atoms with Gasteiger partial charge in [0.2, 0.25) is 0 Å². The van der Waals surface area contributed by atoms with E-state index in [2.05, 4.69) is 0 Å². The number of aliphatic hydroxyl groups excluding tert-OH is 1. The summed E-state index contributed by atoms with van der Waals surface area (Å²) >= 11 is 0. The Morgan fingerprint density at radius 3 is 2.42 bits per heavy atom. The quantitative estimate of drug-likeness (QED) is 0.869. The molecule has 0 aliphatic carbocycles. The largest absolute Gasteiger partial charge is 0.389 e. The smallest absolute Gasteiger partial charge is 0.131 e. The van der Waals surface area contributed by atoms with E-state index in [1.807, 2.05) is 43.3 Å². The molecule has 0 heterocycles. The van der Waals surface area contributed by atoms with E-state index >= 15 is 0 Å². The van der Waals surface area contributed by atoms with Gasteiger partial charge in [-0.25, -0.2) is 4.39 Å². The highest BCUT2D eigenvalue weighted by atomic mass is 19.1. The molecule has 0 fully saturated rings. The van der Waals surface area contributed by atoms with Gasteiger partial charge in [0.15, 0.2) is 0 Å². The Morgan fingerprint density at radius 2 is 1.84 bits per heavy atom. The molecule has 1 nitrogen and oxygen atoms in total. The lowest BCUT2D eigenvalue weighted by Crippen LogP contribution is -1.95. The van der Waals surface area contributed by atoms with Gasteiger partial charge in [0.1, 0.15) is 5.82 Å². The maximum Gasteiger partial charge on any atom is 0.131 e. The van der Waals surface area contributed by atoms with Crippen LogP contribution >= 0.6 is 0 Å². The third-order valence-corrected chi connectivity index (χ3v) is 3.00. The van der Waals surface area contributed by atoms with Crippen LogP contribution in [0.2, 0.25) is 0 Å². The van der Waals surface area contributed by atoms with E-state index in [9.17, 15) is 9.50 Å². The molecule has 0 aromatic heterocycles. The summed E-state index contributed by atoms with van der Waals surface area (Å²) in [5.41, 5.74) is 3.12. The number of allylic oxidation sites excluding steroid dienone is 1. The number of aliphatic hydroxyl groups is 1. The number of rotatable bonds is 3. The molecule has 1 N–H and O–H groups in total. The first kappa shape index (κ1) is 13.5. The van der Waals surface area contributed by atoms with E-state index in [0.717, 1.165) is 16.7 Å². The van der Waals surface area contributed by atoms with Crippen LogP contribution in [0.15, 0.2) is 54.6 Å². The normalized spacial score (nSPS) is 13.4. The molecule has 2 aromatic carbocycles. The maximum absolute atomic E-state index is 14.1. The van der Waals surface area contributed by atoms with Crippen molar-refractivity contribution in [3.8, 4) is 11.1 Å². The molecule has 1 atom stereocenters. The van der Waals surface area contributed by atoms with E-state index < -0.39 is 6.10 Å². The predicted molar refractivity (Wildman–Crippen MR) is 77.2 cm³/mol. The fourth-order valence-electron chi connectivity index (χ4n) is 2.07. The van der Waals surface area contributed by atoms with Crippen molar-refractivity contribution in [1.82, 2.24) is 0 Å². The summed E-state index contributed by atoms with van der Waals surface area (Å²) in [7, 11) is 0. The van der Waals surface area contributed by atoms with Gasteiger partial charge in [0, 0.05) is 5.56 Å². The van der Waals surface area contributed by atoms with Crippen molar-refractivity contribution in [3.05, 3.63) is 66.0 Å². The van der Waals surface area contributed by atoms with E-state index in [1.54, 1.807) is 19.1 Å². The Kier molecular flexibility index (Phi) is 4.13. The summed E-state index contributed by atoms with van der Waals surface area (Å²) in [4.78, 5) is 0. The molecule has 2 rings (SSSR count). The number of hydrogen-bond acceptors (Lipinski definition) is 1. The minimum atomic E-state index is -0.531. The average molecular weight is 256 g/mol. The fourth-order valence-corrected chi connectivity index (χ4v) is 2.07. The molecule has 0 saturated carbocycles. The second-order valence-electron chi connectivity index (χ2n) is 4.65. The minimum absolute atomic E-state index is 0.248. The summed E-state index contributed by atoms with van der Waals surface area (Å²) in [5, 5.41) is 9.32. The third kappa shape index (κ3) is 3.30. The summed E-state index contributed by atoms with van der Waals surface area (Å²) in [6, 6.07) is 14.6. The Labute approximate surface area is 113 Å². The number of benzene rings is 2. The molecule has 0 bridgehead atoms. The van der Waals surface area contributed by atoms with Crippen LogP contribution in [-0.2, 0) is 0 Å². The fraction of sp³-hybridized carbons (Fsp3) is 0.176. The van der Waals surface area contributed by atoms with Crippen molar-refractivity contribution in [3.63, 3.8) is 0 Å². The van der Waals surface area contributed by atoms with Gasteiger partial charge in [-0.1, -0.05) is 48.5 Å². The Balaban J connectivity index is 2.38. The number of hydrogen-bond donors (Lipinski definition) is 1. The van der Waals surface area contributed by atoms with Crippen LogP contribution in [-0.4, -0.2) is 11.2 Å². The molecule has 0 amide bonds. The van der Waals surface area contributed by atoms with Crippen molar-refractivity contribution in [2.24, 2.45) is 0 Å². The van der Waals surface area contributed by atoms with Gasteiger partial charge in [-0.05, 0) is 36.6 Å². The van der Waals surface area contributed by atoms with Crippen molar-refractivity contribution in [2.45, 2.75) is 20.0 Å². The molecule has 0 aliphatic rings. The lowest BCUT2D eigenvalue weighted by Gasteiger charge is -2.08. The zero-order valence-corrected chi connectivity index (χ0v) is 11.1. The molecule has 0 saturated heterocycles. The molecular weight excluding hydrogens is 239 g/mol. The highest BCUT2D eigenvalue weighted by Gasteiger charge is 2.07. The first-order valence-electron chi connectivity index (χ1n) is 6.30. The standard InChI is InChI=1S/C17H17FO/c1-12(10-13(2)19)15-8-9-16(17(18)11-15)14-6-4-3-5-7-14/h3-11,13,19H,1-2H3/b12-10+. The Hall–Kier alpha value is -1.93. The molecular formula is C17H17FO. The molecule has 98 valence electrons. The summed E-state index contributed by atoms with van der Waals surface area (Å²) in [6.45, 7) is 3.54. The molecule has 2 heteroatoms. The van der Waals surface area contributed by atoms with Crippen LogP contribution in [0.1, 0.15) is 19.4 Å². The molecule has 1 unspecified atom stereocenters. The van der Waals surface area contributed by atoms with Crippen LogP contribution in [0.3, 0.4) is 0 Å². The Morgan fingerprint density at radius 1 is 1.16 bits per heavy atom. The van der Waals surface area contributed by atoms with Crippen LogP contribution in [0.4, 0.5) is 4.39 Å². The second-order valence-corrected chi connectivity index (χ2v) is 4.65. The topological polar surface area (TPSA) is 20.2 Å². The first-order valence-corrected chi connectivity index (χ1v) is 6.30. The summed E-state index contributed by atoms with van der Waals surface area (Å²) in [5.74, 6) is -0.248. The second kappa shape index (κ2) is 5.81. The van der Waals surface area contributed by atoms with E-state index in [0.29, 0.717) is 5.56 Å². The highest BCUT2D eigenvalue weighted by molar-refractivity contribution is 5.70. The van der Waals surface area contributed by atoms with Gasteiger partial charge in [0.25, 0.3) is 0 Å². The van der Waals surface area contributed by atoms with Crippen molar-refractivity contribution >= 4 is 5.57 Å². The van der Waals surface area contributed by atoms with Crippen molar-refractivity contribution in [1.29, 1.82) is 0 Å². The molecule has 0 radical (unpaired) electrons. The first-order chi connectivity index (χ1) is 9.08. The summed E-state index contributed by atoms with van der Waals surface area (Å²) in [6.07, 6.45) is 1.17. The van der Waals surface area contributed by atoms with Crippen molar-refractivity contribution < 1.29 is 9.50 Å². The van der Waals surface area contributed by atoms with E-state index in [-0.39, 0.29) is 5.82 Å². The average Bonchev–Trinajstić information content (AvgIpc) is 2.38. The van der Waals surface area contributed by atoms with Gasteiger partial charge in [-0.15, -0.1) is 0 Å². The van der Waals surface area contributed by atoms with Gasteiger partial charge >= 0.3 is 0 Å². The number of halogens is 1. The molecule has 0 aliphatic heterocycles. The molecule has 0 spiro atoms. The third-order valence-electron chi connectivity index (χ3n) is 3.00. The minimum Gasteiger partial charge on any atom is -0.389 e. The predicted octanol–water partition coefficient (Wildman–Crippen LogP) is 4.28. The Bertz CT molecular complexity index is 585. The lowest BCUT2D eigenvalue weighted by atomic mass is 10.00. The van der Waals surface area contributed by atoms with Crippen LogP contribution in [0, 0.1) is 5.82 Å². The maximum atomic E-state index is 14.1. The van der Waals surface area contributed by atoms with Crippen LogP contribution in [0.5, 0.6) is 0 Å². The summed E-state index contributed by atoms with van der Waals surface area (Å²) < 4.78 is 14.1. The van der Waals surface area contributed by atoms with E-state index in [1.165, 1.54) is 6.07 Å². The van der Waals surface area contributed by atoms with Crippen LogP contribution < -0.4 is 0 Å². The monoisotopic (exact) mass is 256 g/mol. The van der Waals surface area contributed by atoms with Gasteiger partial charge in [0.05, 0.1) is 6.10 Å². The molecule has 19 heavy (non-hydrogen) atoms. The van der Waals surface area contributed by atoms with Gasteiger partial charge in [-0.2, -0.15) is 0 Å². The van der Waals surface area contributed by atoms with Crippen molar-refractivity contribution in [2.75, 3.05) is 0 Å². The van der Waals surface area contributed by atoms with Gasteiger partial charge in [-0.3, -0.25) is 0 Å². The highest BCUT2D eigenvalue weighted by Crippen LogP contribution is 2.25. The zero-order chi connectivity index (χ0) is 13.8. The zero-order valence-electron chi connectivity index (χ0n) is 11.1. The van der Waals surface area contributed by atoms with Crippen LogP contribution in [0.25, 0.3) is 16.7 Å². The lowest BCUT2D eigenvalue weighted by molar-refractivity contribution is 0.244. The molecule has 2 aromatic rings. The van der Waals surface area contributed by atoms with Gasteiger partial charge < -0.3 is 5.11 Å². The SMILES string of the molecule is C/C(=C\C(C)O)c1ccc(-c2ccccc2)c(F)c1. The van der Waals surface area contributed by atoms with E-state index in [4.69, 9.17) is 0 Å².